The van der Waals surface area contributed by atoms with Crippen LogP contribution in [0.4, 0.5) is 8.78 Å². The van der Waals surface area contributed by atoms with E-state index in [-0.39, 0.29) is 6.42 Å². The molecule has 1 aromatic carbocycles. The van der Waals surface area contributed by atoms with E-state index in [1.165, 1.54) is 0 Å². The average Bonchev–Trinajstić information content (AvgIpc) is 2.53. The van der Waals surface area contributed by atoms with Gasteiger partial charge in [-0.15, -0.1) is 0 Å². The summed E-state index contributed by atoms with van der Waals surface area (Å²) in [5, 5.41) is 0. The number of alkyl halides is 2. The van der Waals surface area contributed by atoms with Crippen LogP contribution in [0.2, 0.25) is 0 Å². The van der Waals surface area contributed by atoms with Crippen molar-refractivity contribution in [2.45, 2.75) is 24.8 Å². The van der Waals surface area contributed by atoms with E-state index in [9.17, 15) is 8.78 Å². The third kappa shape index (κ3) is 1.15. The molecule has 3 heteroatoms. The number of rotatable bonds is 1. The zero-order valence-electron chi connectivity index (χ0n) is 7.35. The first kappa shape index (κ1) is 8.63. The first-order valence-electron chi connectivity index (χ1n) is 4.20. The Morgan fingerprint density at radius 1 is 1.38 bits per heavy atom. The summed E-state index contributed by atoms with van der Waals surface area (Å²) in [5.74, 6) is -2.72. The van der Waals surface area contributed by atoms with E-state index in [0.29, 0.717) is 5.56 Å². The first-order valence-corrected chi connectivity index (χ1v) is 4.20. The largest absolute Gasteiger partial charge is 0.316 e. The van der Waals surface area contributed by atoms with Gasteiger partial charge >= 0.3 is 0 Å². The average molecular weight is 183 g/mol. The zero-order chi connectivity index (χ0) is 9.69. The Morgan fingerprint density at radius 3 is 2.46 bits per heavy atom. The van der Waals surface area contributed by atoms with Gasteiger partial charge in [0.25, 0.3) is 5.92 Å². The third-order valence-corrected chi connectivity index (χ3v) is 2.56. The van der Waals surface area contributed by atoms with Gasteiger partial charge in [0.05, 0.1) is 0 Å². The Hall–Kier alpha value is -0.960. The topological polar surface area (TPSA) is 26.0 Å². The van der Waals surface area contributed by atoms with E-state index in [0.717, 1.165) is 5.56 Å². The van der Waals surface area contributed by atoms with E-state index in [1.54, 1.807) is 18.2 Å². The zero-order valence-corrected chi connectivity index (χ0v) is 7.35. The minimum Gasteiger partial charge on any atom is -0.316 e. The van der Waals surface area contributed by atoms with Crippen LogP contribution in [0.3, 0.4) is 0 Å². The number of hydrogen-bond acceptors (Lipinski definition) is 1. The highest BCUT2D eigenvalue weighted by atomic mass is 19.3. The van der Waals surface area contributed by atoms with Crippen molar-refractivity contribution in [3.63, 3.8) is 0 Å². The Kier molecular flexibility index (Phi) is 1.52. The van der Waals surface area contributed by atoms with Crippen molar-refractivity contribution in [2.24, 2.45) is 5.73 Å². The third-order valence-electron chi connectivity index (χ3n) is 2.56. The molecular formula is C10H11F2N. The van der Waals surface area contributed by atoms with Gasteiger partial charge in [-0.2, -0.15) is 0 Å². The Bertz CT molecular complexity index is 349. The maximum absolute atomic E-state index is 12.9. The number of halogens is 2. The molecule has 1 aliphatic carbocycles. The number of nitrogens with two attached hydrogens (primary N) is 1. The van der Waals surface area contributed by atoms with Crippen molar-refractivity contribution >= 4 is 0 Å². The van der Waals surface area contributed by atoms with E-state index >= 15 is 0 Å². The van der Waals surface area contributed by atoms with E-state index in [1.807, 2.05) is 13.0 Å². The van der Waals surface area contributed by atoms with Crippen LogP contribution < -0.4 is 5.73 Å². The fourth-order valence-electron chi connectivity index (χ4n) is 1.54. The number of hydrogen-bond donors (Lipinski definition) is 1. The van der Waals surface area contributed by atoms with Crippen LogP contribution in [0.1, 0.15) is 17.5 Å². The summed E-state index contributed by atoms with van der Waals surface area (Å²) in [6.45, 7) is 1.87. The quantitative estimate of drug-likeness (QED) is 0.709. The molecule has 0 heterocycles. The molecule has 1 saturated carbocycles. The van der Waals surface area contributed by atoms with Gasteiger partial charge in [-0.05, 0) is 12.5 Å². The second kappa shape index (κ2) is 2.29. The van der Waals surface area contributed by atoms with Crippen LogP contribution in [0.15, 0.2) is 24.3 Å². The predicted octanol–water partition coefficient (Wildman–Crippen LogP) is 2.19. The van der Waals surface area contributed by atoms with Crippen molar-refractivity contribution in [1.29, 1.82) is 0 Å². The maximum atomic E-state index is 12.9. The molecule has 1 nitrogen and oxygen atoms in total. The normalized spacial score (nSPS) is 30.2. The van der Waals surface area contributed by atoms with Gasteiger partial charge in [-0.3, -0.25) is 0 Å². The molecule has 2 N–H and O–H groups in total. The lowest BCUT2D eigenvalue weighted by atomic mass is 10.0. The summed E-state index contributed by atoms with van der Waals surface area (Å²) in [4.78, 5) is 0. The molecule has 70 valence electrons. The molecule has 0 aromatic heterocycles. The molecule has 2 rings (SSSR count). The predicted molar refractivity (Wildman–Crippen MR) is 46.6 cm³/mol. The summed E-state index contributed by atoms with van der Waals surface area (Å²) in [5.41, 5.74) is 5.66. The minimum absolute atomic E-state index is 0.233. The van der Waals surface area contributed by atoms with Gasteiger partial charge in [0.15, 0.2) is 0 Å². The standard InChI is InChI=1S/C10H11F2N/c1-7-3-2-4-8(5-7)9(13)6-10(9,11)12/h2-5H,6,13H2,1H3. The molecule has 1 unspecified atom stereocenters. The molecule has 1 aliphatic rings. The fraction of sp³-hybridized carbons (Fsp3) is 0.400. The van der Waals surface area contributed by atoms with Crippen LogP contribution in [0, 0.1) is 6.92 Å². The van der Waals surface area contributed by atoms with Crippen molar-refractivity contribution < 1.29 is 8.78 Å². The Morgan fingerprint density at radius 2 is 2.00 bits per heavy atom. The Balaban J connectivity index is 2.38. The minimum atomic E-state index is -2.72. The van der Waals surface area contributed by atoms with Crippen LogP contribution in [-0.4, -0.2) is 5.92 Å². The smallest absolute Gasteiger partial charge is 0.272 e. The highest BCUT2D eigenvalue weighted by Gasteiger charge is 2.69. The summed E-state index contributed by atoms with van der Waals surface area (Å²) < 4.78 is 25.7. The molecule has 1 fully saturated rings. The molecule has 1 atom stereocenters. The number of benzene rings is 1. The summed E-state index contributed by atoms with van der Waals surface area (Å²) >= 11 is 0. The first-order chi connectivity index (χ1) is 5.96. The van der Waals surface area contributed by atoms with Gasteiger partial charge in [0.2, 0.25) is 0 Å². The van der Waals surface area contributed by atoms with Crippen LogP contribution in [-0.2, 0) is 5.54 Å². The molecule has 0 radical (unpaired) electrons. The molecule has 1 aromatic rings. The van der Waals surface area contributed by atoms with Gasteiger partial charge in [0.1, 0.15) is 5.54 Å². The van der Waals surface area contributed by atoms with Crippen LogP contribution >= 0.6 is 0 Å². The summed E-state index contributed by atoms with van der Waals surface area (Å²) in [6.07, 6.45) is -0.233. The number of aryl methyl sites for hydroxylation is 1. The van der Waals surface area contributed by atoms with Gasteiger partial charge in [0, 0.05) is 6.42 Å². The second-order valence-corrected chi connectivity index (χ2v) is 3.72. The van der Waals surface area contributed by atoms with Crippen LogP contribution in [0.5, 0.6) is 0 Å². The van der Waals surface area contributed by atoms with E-state index < -0.39 is 11.5 Å². The van der Waals surface area contributed by atoms with Crippen molar-refractivity contribution in [3.05, 3.63) is 35.4 Å². The SMILES string of the molecule is Cc1cccc(C2(N)CC2(F)F)c1. The van der Waals surface area contributed by atoms with Crippen molar-refractivity contribution in [2.75, 3.05) is 0 Å². The van der Waals surface area contributed by atoms with E-state index in [2.05, 4.69) is 0 Å². The van der Waals surface area contributed by atoms with Crippen molar-refractivity contribution in [1.82, 2.24) is 0 Å². The molecule has 0 amide bonds. The Labute approximate surface area is 75.6 Å². The molecule has 0 bridgehead atoms. The maximum Gasteiger partial charge on any atom is 0.272 e. The molecule has 13 heavy (non-hydrogen) atoms. The van der Waals surface area contributed by atoms with Gasteiger partial charge < -0.3 is 5.73 Å². The van der Waals surface area contributed by atoms with Gasteiger partial charge in [-0.1, -0.05) is 29.8 Å². The van der Waals surface area contributed by atoms with Crippen LogP contribution in [0.25, 0.3) is 0 Å². The molecule has 0 saturated heterocycles. The van der Waals surface area contributed by atoms with Gasteiger partial charge in [-0.25, -0.2) is 8.78 Å². The molecular weight excluding hydrogens is 172 g/mol. The monoisotopic (exact) mass is 183 g/mol. The summed E-state index contributed by atoms with van der Waals surface area (Å²) in [6, 6.07) is 7.01. The second-order valence-electron chi connectivity index (χ2n) is 3.72. The lowest BCUT2D eigenvalue weighted by Crippen LogP contribution is -2.27. The molecule has 0 spiro atoms. The lowest BCUT2D eigenvalue weighted by Gasteiger charge is -2.10. The highest BCUT2D eigenvalue weighted by Crippen LogP contribution is 2.57. The fourth-order valence-corrected chi connectivity index (χ4v) is 1.54. The van der Waals surface area contributed by atoms with E-state index in [4.69, 9.17) is 5.73 Å². The highest BCUT2D eigenvalue weighted by molar-refractivity contribution is 5.37. The summed E-state index contributed by atoms with van der Waals surface area (Å²) in [7, 11) is 0. The lowest BCUT2D eigenvalue weighted by molar-refractivity contribution is 0.0891. The molecule has 0 aliphatic heterocycles. The van der Waals surface area contributed by atoms with Crippen molar-refractivity contribution in [3.8, 4) is 0 Å².